The molecule has 1 aromatic carbocycles. The van der Waals surface area contributed by atoms with E-state index in [1.54, 1.807) is 6.20 Å². The number of rotatable bonds is 3. The van der Waals surface area contributed by atoms with Gasteiger partial charge in [-0.1, -0.05) is 0 Å². The van der Waals surface area contributed by atoms with Gasteiger partial charge in [-0.15, -0.1) is 0 Å². The molecule has 0 radical (unpaired) electrons. The lowest BCUT2D eigenvalue weighted by molar-refractivity contribution is 0.336. The van der Waals surface area contributed by atoms with Crippen molar-refractivity contribution in [2.75, 3.05) is 6.61 Å². The van der Waals surface area contributed by atoms with Crippen molar-refractivity contribution < 1.29 is 4.74 Å². The van der Waals surface area contributed by atoms with Crippen LogP contribution in [0, 0.1) is 0 Å². The van der Waals surface area contributed by atoms with Crippen LogP contribution in [0.15, 0.2) is 33.5 Å². The molecular weight excluding hydrogens is 348 g/mol. The first-order valence-corrected chi connectivity index (χ1v) is 6.81. The molecule has 0 aliphatic rings. The first kappa shape index (κ1) is 12.6. The number of ether oxygens (including phenoxy) is 1. The molecule has 0 unspecified atom stereocenters. The summed E-state index contributed by atoms with van der Waals surface area (Å²) in [4.78, 5) is 4.32. The zero-order chi connectivity index (χ0) is 12.4. The predicted molar refractivity (Wildman–Crippen MR) is 75.2 cm³/mol. The second-order valence-corrected chi connectivity index (χ2v) is 5.27. The Morgan fingerprint density at radius 2 is 1.94 bits per heavy atom. The molecule has 0 saturated carbocycles. The zero-order valence-electron chi connectivity index (χ0n) is 9.58. The van der Waals surface area contributed by atoms with Crippen molar-refractivity contribution in [3.63, 3.8) is 0 Å². The summed E-state index contributed by atoms with van der Waals surface area (Å²) in [6.45, 7) is 2.60. The normalized spacial score (nSPS) is 10.6. The van der Waals surface area contributed by atoms with Gasteiger partial charge in [0, 0.05) is 25.0 Å². The van der Waals surface area contributed by atoms with E-state index in [2.05, 4.69) is 36.8 Å². The molecule has 2 rings (SSSR count). The average Bonchev–Trinajstić information content (AvgIpc) is 2.69. The van der Waals surface area contributed by atoms with Crippen molar-refractivity contribution in [3.8, 4) is 17.1 Å². The molecule has 0 amide bonds. The van der Waals surface area contributed by atoms with Crippen LogP contribution >= 0.6 is 31.9 Å². The first-order valence-electron chi connectivity index (χ1n) is 5.23. The molecule has 0 aliphatic carbocycles. The lowest BCUT2D eigenvalue weighted by atomic mass is 10.2. The quantitative estimate of drug-likeness (QED) is 0.827. The van der Waals surface area contributed by atoms with Gasteiger partial charge in [-0.25, -0.2) is 4.98 Å². The molecule has 5 heteroatoms. The highest BCUT2D eigenvalue weighted by molar-refractivity contribution is 9.11. The van der Waals surface area contributed by atoms with Crippen LogP contribution in [0.4, 0.5) is 0 Å². The van der Waals surface area contributed by atoms with Crippen LogP contribution in [0.3, 0.4) is 0 Å². The monoisotopic (exact) mass is 358 g/mol. The maximum atomic E-state index is 5.55. The molecule has 90 valence electrons. The molecule has 3 nitrogen and oxygen atoms in total. The summed E-state index contributed by atoms with van der Waals surface area (Å²) < 4.78 is 9.38. The number of halogens is 2. The second kappa shape index (κ2) is 5.23. The molecule has 17 heavy (non-hydrogen) atoms. The molecular formula is C12H12Br2N2O. The summed E-state index contributed by atoms with van der Waals surface area (Å²) in [6.07, 6.45) is 3.71. The Hall–Kier alpha value is -0.810. The van der Waals surface area contributed by atoms with Crippen molar-refractivity contribution in [1.82, 2.24) is 9.55 Å². The summed E-state index contributed by atoms with van der Waals surface area (Å²) in [5.41, 5.74) is 1.04. The van der Waals surface area contributed by atoms with Crippen LogP contribution in [0.25, 0.3) is 11.4 Å². The Bertz CT molecular complexity index is 514. The molecule has 0 saturated heterocycles. The molecule has 0 atom stereocenters. The van der Waals surface area contributed by atoms with E-state index in [0.717, 1.165) is 26.1 Å². The Labute approximate surface area is 117 Å². The highest BCUT2D eigenvalue weighted by Gasteiger charge is 2.11. The zero-order valence-corrected chi connectivity index (χ0v) is 12.7. The highest BCUT2D eigenvalue weighted by atomic mass is 79.9. The summed E-state index contributed by atoms with van der Waals surface area (Å²) in [5.74, 6) is 1.75. The number of hydrogen-bond acceptors (Lipinski definition) is 2. The minimum Gasteiger partial charge on any atom is -0.492 e. The van der Waals surface area contributed by atoms with E-state index in [0.29, 0.717) is 6.61 Å². The third-order valence-electron chi connectivity index (χ3n) is 2.37. The fraction of sp³-hybridized carbons (Fsp3) is 0.250. The molecule has 0 aliphatic heterocycles. The molecule has 0 spiro atoms. The van der Waals surface area contributed by atoms with E-state index in [4.69, 9.17) is 4.74 Å². The highest BCUT2D eigenvalue weighted by Crippen LogP contribution is 2.37. The van der Waals surface area contributed by atoms with Gasteiger partial charge in [0.15, 0.2) is 0 Å². The van der Waals surface area contributed by atoms with Crippen LogP contribution in [0.2, 0.25) is 0 Å². The third-order valence-corrected chi connectivity index (χ3v) is 3.54. The van der Waals surface area contributed by atoms with E-state index in [1.165, 1.54) is 0 Å². The molecule has 2 aromatic rings. The maximum absolute atomic E-state index is 5.55. The Balaban J connectivity index is 2.49. The second-order valence-electron chi connectivity index (χ2n) is 3.56. The minimum atomic E-state index is 0.638. The van der Waals surface area contributed by atoms with E-state index in [1.807, 2.05) is 36.9 Å². The predicted octanol–water partition coefficient (Wildman–Crippen LogP) is 4.01. The first-order chi connectivity index (χ1) is 8.13. The summed E-state index contributed by atoms with van der Waals surface area (Å²) in [6, 6.07) is 4.02. The van der Waals surface area contributed by atoms with E-state index in [-0.39, 0.29) is 0 Å². The Morgan fingerprint density at radius 3 is 2.41 bits per heavy atom. The van der Waals surface area contributed by atoms with Crippen molar-refractivity contribution >= 4 is 31.9 Å². The molecule has 1 heterocycles. The Morgan fingerprint density at radius 1 is 1.29 bits per heavy atom. The van der Waals surface area contributed by atoms with Gasteiger partial charge in [0.05, 0.1) is 15.6 Å². The van der Waals surface area contributed by atoms with Gasteiger partial charge >= 0.3 is 0 Å². The number of nitrogens with zero attached hydrogens (tertiary/aromatic N) is 2. The van der Waals surface area contributed by atoms with Gasteiger partial charge in [-0.3, -0.25) is 0 Å². The van der Waals surface area contributed by atoms with Crippen LogP contribution in [-0.4, -0.2) is 16.2 Å². The fourth-order valence-corrected chi connectivity index (χ4v) is 3.03. The van der Waals surface area contributed by atoms with Crippen molar-refractivity contribution in [3.05, 3.63) is 33.5 Å². The van der Waals surface area contributed by atoms with Crippen LogP contribution < -0.4 is 4.74 Å². The van der Waals surface area contributed by atoms with Crippen LogP contribution in [0.5, 0.6) is 5.75 Å². The lowest BCUT2D eigenvalue weighted by Gasteiger charge is -2.10. The van der Waals surface area contributed by atoms with E-state index >= 15 is 0 Å². The third kappa shape index (κ3) is 2.55. The van der Waals surface area contributed by atoms with Gasteiger partial charge in [0.1, 0.15) is 11.6 Å². The SMILES string of the molecule is CCOc1c(Br)cc(-c2nccn2C)cc1Br. The van der Waals surface area contributed by atoms with Gasteiger partial charge in [0.25, 0.3) is 0 Å². The molecule has 1 aromatic heterocycles. The number of imidazole rings is 1. The van der Waals surface area contributed by atoms with E-state index in [9.17, 15) is 0 Å². The Kier molecular flexibility index (Phi) is 3.89. The molecule has 0 N–H and O–H groups in total. The summed E-state index contributed by atoms with van der Waals surface area (Å²) in [7, 11) is 1.97. The average molecular weight is 360 g/mol. The molecule has 0 fully saturated rings. The fourth-order valence-electron chi connectivity index (χ4n) is 1.61. The van der Waals surface area contributed by atoms with Crippen LogP contribution in [-0.2, 0) is 7.05 Å². The van der Waals surface area contributed by atoms with Gasteiger partial charge < -0.3 is 9.30 Å². The van der Waals surface area contributed by atoms with Gasteiger partial charge in [-0.2, -0.15) is 0 Å². The molecule has 0 bridgehead atoms. The number of hydrogen-bond donors (Lipinski definition) is 0. The minimum absolute atomic E-state index is 0.638. The standard InChI is InChI=1S/C12H12Br2N2O/c1-3-17-11-9(13)6-8(7-10(11)14)12-15-4-5-16(12)2/h4-7H,3H2,1-2H3. The van der Waals surface area contributed by atoms with Crippen LogP contribution in [0.1, 0.15) is 6.92 Å². The number of aryl methyl sites for hydroxylation is 1. The van der Waals surface area contributed by atoms with Crippen molar-refractivity contribution in [2.24, 2.45) is 7.05 Å². The summed E-state index contributed by atoms with van der Waals surface area (Å²) >= 11 is 7.03. The topological polar surface area (TPSA) is 27.1 Å². The van der Waals surface area contributed by atoms with E-state index < -0.39 is 0 Å². The lowest BCUT2D eigenvalue weighted by Crippen LogP contribution is -1.96. The maximum Gasteiger partial charge on any atom is 0.147 e. The number of benzene rings is 1. The van der Waals surface area contributed by atoms with Gasteiger partial charge in [-0.05, 0) is 50.9 Å². The van der Waals surface area contributed by atoms with Crippen molar-refractivity contribution in [1.29, 1.82) is 0 Å². The number of aromatic nitrogens is 2. The largest absolute Gasteiger partial charge is 0.492 e. The van der Waals surface area contributed by atoms with Gasteiger partial charge in [0.2, 0.25) is 0 Å². The summed E-state index contributed by atoms with van der Waals surface area (Å²) in [5, 5.41) is 0. The van der Waals surface area contributed by atoms with Crippen molar-refractivity contribution in [2.45, 2.75) is 6.92 Å². The smallest absolute Gasteiger partial charge is 0.147 e.